The number of unbranched alkanes of at least 4 members (excludes halogenated alkanes) is 1. The van der Waals surface area contributed by atoms with Gasteiger partial charge in [0.15, 0.2) is 0 Å². The molecule has 0 unspecified atom stereocenters. The first-order valence-electron chi connectivity index (χ1n) is 7.50. The fourth-order valence-corrected chi connectivity index (χ4v) is 2.65. The molecule has 1 radical (unpaired) electrons. The van der Waals surface area contributed by atoms with Crippen molar-refractivity contribution in [3.05, 3.63) is 5.92 Å². The van der Waals surface area contributed by atoms with Crippen molar-refractivity contribution in [2.45, 2.75) is 86.0 Å². The average Bonchev–Trinajstić information content (AvgIpc) is 2.23. The minimum Gasteiger partial charge on any atom is -0.0654 e. The van der Waals surface area contributed by atoms with Gasteiger partial charge in [-0.25, -0.2) is 0 Å². The minimum absolute atomic E-state index is 0.836. The fraction of sp³-hybridized carbons (Fsp3) is 0.938. The molecule has 0 aromatic heterocycles. The Morgan fingerprint density at radius 1 is 0.875 bits per heavy atom. The summed E-state index contributed by atoms with van der Waals surface area (Å²) < 4.78 is 0. The molecule has 0 nitrogen and oxygen atoms in total. The lowest BCUT2D eigenvalue weighted by Gasteiger charge is -2.28. The van der Waals surface area contributed by atoms with Gasteiger partial charge in [0.2, 0.25) is 0 Å². The smallest absolute Gasteiger partial charge is 0.0207 e. The van der Waals surface area contributed by atoms with E-state index in [9.17, 15) is 0 Å². The first-order chi connectivity index (χ1) is 7.65. The molecule has 0 aromatic carbocycles. The summed E-state index contributed by atoms with van der Waals surface area (Å²) in [7, 11) is 0. The lowest BCUT2D eigenvalue weighted by atomic mass is 9.78. The van der Waals surface area contributed by atoms with Crippen LogP contribution in [0.15, 0.2) is 0 Å². The molecule has 0 aromatic rings. The van der Waals surface area contributed by atoms with Crippen LogP contribution >= 0.6 is 0 Å². The third kappa shape index (κ3) is 7.30. The Balaban J connectivity index is 4.26. The molecule has 0 saturated carbocycles. The molecule has 0 amide bonds. The largest absolute Gasteiger partial charge is 0.0654 e. The Morgan fingerprint density at radius 2 is 1.44 bits per heavy atom. The molecule has 0 spiro atoms. The van der Waals surface area contributed by atoms with E-state index in [0.717, 1.165) is 11.8 Å². The van der Waals surface area contributed by atoms with Crippen LogP contribution in [-0.4, -0.2) is 0 Å². The molecular formula is C16H33. The highest BCUT2D eigenvalue weighted by molar-refractivity contribution is 4.96. The predicted octanol–water partition coefficient (Wildman–Crippen LogP) is 6.01. The maximum atomic E-state index is 2.36. The molecule has 0 aliphatic heterocycles. The van der Waals surface area contributed by atoms with E-state index < -0.39 is 0 Å². The second-order valence-electron chi connectivity index (χ2n) is 5.63. The third-order valence-corrected chi connectivity index (χ3v) is 3.37. The van der Waals surface area contributed by atoms with E-state index in [2.05, 4.69) is 34.6 Å². The summed E-state index contributed by atoms with van der Waals surface area (Å²) in [6, 6.07) is 0. The Labute approximate surface area is 104 Å². The fourth-order valence-electron chi connectivity index (χ4n) is 2.65. The van der Waals surface area contributed by atoms with Crippen molar-refractivity contribution in [3.63, 3.8) is 0 Å². The Hall–Kier alpha value is 0. The molecule has 0 aliphatic carbocycles. The zero-order valence-electron chi connectivity index (χ0n) is 12.3. The summed E-state index contributed by atoms with van der Waals surface area (Å²) >= 11 is 0. The van der Waals surface area contributed by atoms with Gasteiger partial charge >= 0.3 is 0 Å². The van der Waals surface area contributed by atoms with Crippen molar-refractivity contribution in [2.24, 2.45) is 11.8 Å². The predicted molar refractivity (Wildman–Crippen MR) is 75.5 cm³/mol. The van der Waals surface area contributed by atoms with Crippen LogP contribution in [0, 0.1) is 17.8 Å². The van der Waals surface area contributed by atoms with Crippen LogP contribution in [0.1, 0.15) is 86.0 Å². The lowest BCUT2D eigenvalue weighted by Crippen LogP contribution is -2.15. The second kappa shape index (κ2) is 10.2. The van der Waals surface area contributed by atoms with Gasteiger partial charge in [0.05, 0.1) is 0 Å². The van der Waals surface area contributed by atoms with Crippen molar-refractivity contribution < 1.29 is 0 Å². The summed E-state index contributed by atoms with van der Waals surface area (Å²) in [5.41, 5.74) is 0. The summed E-state index contributed by atoms with van der Waals surface area (Å²) in [5.74, 6) is 3.63. The molecule has 97 valence electrons. The van der Waals surface area contributed by atoms with Crippen LogP contribution in [0.2, 0.25) is 0 Å². The van der Waals surface area contributed by atoms with E-state index in [-0.39, 0.29) is 0 Å². The Kier molecular flexibility index (Phi) is 10.2. The van der Waals surface area contributed by atoms with Gasteiger partial charge in [-0.2, -0.15) is 0 Å². The van der Waals surface area contributed by atoms with Crippen molar-refractivity contribution in [3.8, 4) is 0 Å². The summed E-state index contributed by atoms with van der Waals surface area (Å²) in [6.07, 6.45) is 11.0. The van der Waals surface area contributed by atoms with Crippen LogP contribution in [0.4, 0.5) is 0 Å². The number of hydrogen-bond donors (Lipinski definition) is 0. The van der Waals surface area contributed by atoms with Gasteiger partial charge in [0.1, 0.15) is 0 Å². The Morgan fingerprint density at radius 3 is 1.81 bits per heavy atom. The molecule has 0 N–H and O–H groups in total. The van der Waals surface area contributed by atoms with Crippen molar-refractivity contribution in [1.82, 2.24) is 0 Å². The summed E-state index contributed by atoms with van der Waals surface area (Å²) in [5, 5.41) is 0. The van der Waals surface area contributed by atoms with Gasteiger partial charge in [0, 0.05) is 0 Å². The Bertz CT molecular complexity index is 131. The van der Waals surface area contributed by atoms with Crippen molar-refractivity contribution >= 4 is 0 Å². The zero-order valence-corrected chi connectivity index (χ0v) is 12.3. The van der Waals surface area contributed by atoms with E-state index in [1.165, 1.54) is 51.4 Å². The lowest BCUT2D eigenvalue weighted by molar-refractivity contribution is 0.381. The van der Waals surface area contributed by atoms with E-state index >= 15 is 0 Å². The van der Waals surface area contributed by atoms with E-state index in [0.29, 0.717) is 0 Å². The van der Waals surface area contributed by atoms with Crippen LogP contribution in [0.25, 0.3) is 0 Å². The molecule has 0 rings (SSSR count). The number of rotatable bonds is 10. The monoisotopic (exact) mass is 225 g/mol. The van der Waals surface area contributed by atoms with Crippen LogP contribution in [-0.2, 0) is 0 Å². The molecule has 0 bridgehead atoms. The quantitative estimate of drug-likeness (QED) is 0.427. The van der Waals surface area contributed by atoms with Gasteiger partial charge in [0.25, 0.3) is 0 Å². The van der Waals surface area contributed by atoms with Gasteiger partial charge < -0.3 is 0 Å². The SMILES string of the molecule is CCCC[C](CC(C)C)C(CCC)CCC. The van der Waals surface area contributed by atoms with Crippen molar-refractivity contribution in [2.75, 3.05) is 0 Å². The average molecular weight is 225 g/mol. The van der Waals surface area contributed by atoms with Crippen LogP contribution in [0.3, 0.4) is 0 Å². The first kappa shape index (κ1) is 16.0. The summed E-state index contributed by atoms with van der Waals surface area (Å²) in [6.45, 7) is 11.7. The highest BCUT2D eigenvalue weighted by Crippen LogP contribution is 2.34. The molecule has 0 fully saturated rings. The highest BCUT2D eigenvalue weighted by Gasteiger charge is 2.21. The molecule has 0 heterocycles. The minimum atomic E-state index is 0.836. The van der Waals surface area contributed by atoms with Crippen LogP contribution < -0.4 is 0 Å². The van der Waals surface area contributed by atoms with Gasteiger partial charge in [-0.15, -0.1) is 0 Å². The summed E-state index contributed by atoms with van der Waals surface area (Å²) in [4.78, 5) is 0. The maximum absolute atomic E-state index is 2.36. The van der Waals surface area contributed by atoms with Gasteiger partial charge in [-0.3, -0.25) is 0 Å². The highest BCUT2D eigenvalue weighted by atomic mass is 14.3. The number of hydrogen-bond acceptors (Lipinski definition) is 0. The van der Waals surface area contributed by atoms with E-state index in [1.54, 1.807) is 0 Å². The third-order valence-electron chi connectivity index (χ3n) is 3.37. The molecular weight excluding hydrogens is 192 g/mol. The molecule has 0 atom stereocenters. The van der Waals surface area contributed by atoms with E-state index in [1.807, 2.05) is 5.92 Å². The first-order valence-corrected chi connectivity index (χ1v) is 7.50. The van der Waals surface area contributed by atoms with Gasteiger partial charge in [-0.1, -0.05) is 73.1 Å². The molecule has 0 heteroatoms. The van der Waals surface area contributed by atoms with Gasteiger partial charge in [-0.05, 0) is 30.6 Å². The maximum Gasteiger partial charge on any atom is -0.0207 e. The standard InChI is InChI=1S/C16H33/c1-6-9-12-16(13-14(4)5)15(10-7-2)11-8-3/h14-15H,6-13H2,1-5H3. The zero-order chi connectivity index (χ0) is 12.4. The topological polar surface area (TPSA) is 0 Å². The molecule has 0 saturated heterocycles. The van der Waals surface area contributed by atoms with Crippen LogP contribution in [0.5, 0.6) is 0 Å². The second-order valence-corrected chi connectivity index (χ2v) is 5.63. The molecule has 16 heavy (non-hydrogen) atoms. The molecule has 0 aliphatic rings. The van der Waals surface area contributed by atoms with Crippen molar-refractivity contribution in [1.29, 1.82) is 0 Å². The normalized spacial score (nSPS) is 12.0. The van der Waals surface area contributed by atoms with E-state index in [4.69, 9.17) is 0 Å².